The lowest BCUT2D eigenvalue weighted by Gasteiger charge is -2.33. The fourth-order valence-corrected chi connectivity index (χ4v) is 1.83. The van der Waals surface area contributed by atoms with Gasteiger partial charge in [0.25, 0.3) is 0 Å². The molecule has 8 heteroatoms. The van der Waals surface area contributed by atoms with Gasteiger partial charge in [0.2, 0.25) is 5.41 Å². The lowest BCUT2D eigenvalue weighted by molar-refractivity contribution is -0.140. The predicted molar refractivity (Wildman–Crippen MR) is 71.3 cm³/mol. The quantitative estimate of drug-likeness (QED) is 0.410. The second-order valence-corrected chi connectivity index (χ2v) is 4.34. The molecule has 0 saturated heterocycles. The van der Waals surface area contributed by atoms with E-state index in [4.69, 9.17) is 20.0 Å². The van der Waals surface area contributed by atoms with Crippen molar-refractivity contribution in [2.75, 3.05) is 13.2 Å². The maximum Gasteiger partial charge on any atom is 0.330 e. The summed E-state index contributed by atoms with van der Waals surface area (Å²) in [5.41, 5.74) is -3.81. The molecule has 0 bridgehead atoms. The number of esters is 1. The molecule has 0 saturated carbocycles. The molecular weight excluding hydrogens is 286 g/mol. The highest BCUT2D eigenvalue weighted by atomic mass is 16.6. The molecule has 1 unspecified atom stereocenters. The van der Waals surface area contributed by atoms with E-state index in [0.717, 1.165) is 12.3 Å². The van der Waals surface area contributed by atoms with Crippen LogP contribution >= 0.6 is 0 Å². The Hall–Kier alpha value is -3.20. The molecule has 0 aliphatic carbocycles. The second kappa shape index (κ2) is 6.99. The van der Waals surface area contributed by atoms with E-state index in [9.17, 15) is 15.3 Å². The molecule has 1 heterocycles. The molecule has 0 aromatic heterocycles. The minimum absolute atomic E-state index is 0.0133. The van der Waals surface area contributed by atoms with Gasteiger partial charge in [0, 0.05) is 18.7 Å². The van der Waals surface area contributed by atoms with Gasteiger partial charge in [-0.3, -0.25) is 4.99 Å². The van der Waals surface area contributed by atoms with Gasteiger partial charge in [0.15, 0.2) is 11.6 Å². The number of hydrogen-bond donors (Lipinski definition) is 0. The van der Waals surface area contributed by atoms with Gasteiger partial charge in [-0.2, -0.15) is 21.0 Å². The molecule has 1 aliphatic heterocycles. The third-order valence-corrected chi connectivity index (χ3v) is 3.13. The average Bonchev–Trinajstić information content (AvgIpc) is 2.58. The van der Waals surface area contributed by atoms with Crippen molar-refractivity contribution in [3.8, 4) is 24.3 Å². The number of rotatable bonds is 5. The van der Waals surface area contributed by atoms with Crippen molar-refractivity contribution >= 4 is 12.2 Å². The number of hydrogen-bond acceptors (Lipinski definition) is 8. The van der Waals surface area contributed by atoms with Crippen LogP contribution < -0.4 is 0 Å². The fourth-order valence-electron chi connectivity index (χ4n) is 1.83. The Bertz CT molecular complexity index is 628. The predicted octanol–water partition coefficient (Wildman–Crippen LogP) is 0.600. The third-order valence-electron chi connectivity index (χ3n) is 3.13. The number of nitriles is 4. The van der Waals surface area contributed by atoms with Crippen molar-refractivity contribution in [3.05, 3.63) is 12.7 Å². The van der Waals surface area contributed by atoms with Crippen LogP contribution in [0.3, 0.4) is 0 Å². The van der Waals surface area contributed by atoms with Crippen LogP contribution in [0.4, 0.5) is 0 Å². The summed E-state index contributed by atoms with van der Waals surface area (Å²) < 4.78 is 9.99. The van der Waals surface area contributed by atoms with Crippen molar-refractivity contribution in [1.82, 2.24) is 0 Å². The van der Waals surface area contributed by atoms with Gasteiger partial charge in [0.05, 0.1) is 30.9 Å². The third kappa shape index (κ3) is 2.94. The van der Waals surface area contributed by atoms with E-state index >= 15 is 0 Å². The highest BCUT2D eigenvalue weighted by molar-refractivity contribution is 5.81. The molecule has 1 aliphatic rings. The van der Waals surface area contributed by atoms with E-state index in [-0.39, 0.29) is 19.6 Å². The van der Waals surface area contributed by atoms with Crippen molar-refractivity contribution in [2.45, 2.75) is 12.6 Å². The first-order chi connectivity index (χ1) is 10.5. The molecule has 0 N–H and O–H groups in total. The van der Waals surface area contributed by atoms with Gasteiger partial charge in [-0.05, 0) is 0 Å². The molecule has 0 aromatic rings. The van der Waals surface area contributed by atoms with E-state index in [1.54, 1.807) is 24.3 Å². The normalized spacial score (nSPS) is 20.5. The first-order valence-electron chi connectivity index (χ1n) is 6.13. The van der Waals surface area contributed by atoms with Crippen LogP contribution in [0.15, 0.2) is 17.6 Å². The van der Waals surface area contributed by atoms with Crippen LogP contribution in [0.25, 0.3) is 0 Å². The van der Waals surface area contributed by atoms with Crippen LogP contribution in [0, 0.1) is 56.2 Å². The van der Waals surface area contributed by atoms with E-state index in [1.165, 1.54) is 0 Å². The minimum Gasteiger partial charge on any atom is -0.460 e. The highest BCUT2D eigenvalue weighted by Crippen LogP contribution is 2.44. The Kier molecular flexibility index (Phi) is 5.36. The van der Waals surface area contributed by atoms with E-state index in [1.807, 2.05) is 0 Å². The molecule has 0 amide bonds. The molecule has 1 atom stereocenters. The molecular formula is C14H11N5O3. The average molecular weight is 297 g/mol. The number of carbonyl (C=O) groups is 1. The number of nitrogens with zero attached hydrogens (tertiary/aromatic N) is 5. The van der Waals surface area contributed by atoms with Crippen LogP contribution in [0.5, 0.6) is 0 Å². The Labute approximate surface area is 127 Å². The van der Waals surface area contributed by atoms with Gasteiger partial charge in [-0.1, -0.05) is 6.58 Å². The van der Waals surface area contributed by atoms with E-state index in [0.29, 0.717) is 0 Å². The summed E-state index contributed by atoms with van der Waals surface area (Å²) in [7, 11) is 0. The first kappa shape index (κ1) is 16.9. The van der Waals surface area contributed by atoms with Crippen LogP contribution in [0.1, 0.15) is 6.42 Å². The Morgan fingerprint density at radius 3 is 2.41 bits per heavy atom. The molecule has 110 valence electrons. The lowest BCUT2D eigenvalue weighted by Crippen LogP contribution is -2.45. The van der Waals surface area contributed by atoms with Gasteiger partial charge in [0.1, 0.15) is 6.61 Å². The van der Waals surface area contributed by atoms with Gasteiger partial charge in [-0.15, -0.1) is 0 Å². The number of aliphatic imine (C=N–C) groups is 1. The molecule has 0 radical (unpaired) electrons. The largest absolute Gasteiger partial charge is 0.460 e. The summed E-state index contributed by atoms with van der Waals surface area (Å²) in [6.07, 6.45) is 0.872. The van der Waals surface area contributed by atoms with Crippen LogP contribution in [-0.2, 0) is 14.3 Å². The smallest absolute Gasteiger partial charge is 0.330 e. The standard InChI is InChI=1S/C14H11N5O3/c1-2-12(20)22-4-3-21-11-5-13(6-15,7-16)14(8-17,9-18)10-19-11/h2,10-11H,1,3-5H2. The SMILES string of the molecule is C=CC(=O)OCCOC1CC(C#N)(C#N)C(C#N)(C#N)C=N1. The van der Waals surface area contributed by atoms with Crippen molar-refractivity contribution in [3.63, 3.8) is 0 Å². The summed E-state index contributed by atoms with van der Waals surface area (Å²) in [4.78, 5) is 14.7. The van der Waals surface area contributed by atoms with Gasteiger partial charge in [-0.25, -0.2) is 4.79 Å². The number of carbonyl (C=O) groups excluding carboxylic acids is 1. The molecule has 22 heavy (non-hydrogen) atoms. The zero-order valence-corrected chi connectivity index (χ0v) is 11.5. The van der Waals surface area contributed by atoms with Crippen molar-refractivity contribution < 1.29 is 14.3 Å². The van der Waals surface area contributed by atoms with E-state index < -0.39 is 23.0 Å². The summed E-state index contributed by atoms with van der Waals surface area (Å²) in [6, 6.07) is 6.82. The molecule has 0 spiro atoms. The monoisotopic (exact) mass is 297 g/mol. The zero-order chi connectivity index (χ0) is 16.6. The van der Waals surface area contributed by atoms with Gasteiger partial charge < -0.3 is 9.47 Å². The highest BCUT2D eigenvalue weighted by Gasteiger charge is 2.57. The second-order valence-electron chi connectivity index (χ2n) is 4.34. The minimum atomic E-state index is -1.94. The molecule has 0 aromatic carbocycles. The number of ether oxygens (including phenoxy) is 2. The Morgan fingerprint density at radius 1 is 1.27 bits per heavy atom. The van der Waals surface area contributed by atoms with E-state index in [2.05, 4.69) is 11.6 Å². The molecule has 0 fully saturated rings. The topological polar surface area (TPSA) is 143 Å². The Balaban J connectivity index is 2.82. The van der Waals surface area contributed by atoms with Crippen LogP contribution in [-0.4, -0.2) is 31.6 Å². The van der Waals surface area contributed by atoms with Gasteiger partial charge >= 0.3 is 5.97 Å². The summed E-state index contributed by atoms with van der Waals surface area (Å²) in [5, 5.41) is 36.8. The maximum atomic E-state index is 10.8. The zero-order valence-electron chi connectivity index (χ0n) is 11.5. The van der Waals surface area contributed by atoms with Crippen molar-refractivity contribution in [2.24, 2.45) is 15.8 Å². The van der Waals surface area contributed by atoms with Crippen LogP contribution in [0.2, 0.25) is 0 Å². The molecule has 1 rings (SSSR count). The summed E-state index contributed by atoms with van der Waals surface area (Å²) in [5.74, 6) is -0.605. The molecule has 8 nitrogen and oxygen atoms in total. The fraction of sp³-hybridized carbons (Fsp3) is 0.429. The lowest BCUT2D eigenvalue weighted by atomic mass is 9.63. The maximum absolute atomic E-state index is 10.8. The first-order valence-corrected chi connectivity index (χ1v) is 6.13. The van der Waals surface area contributed by atoms with Crippen molar-refractivity contribution in [1.29, 1.82) is 21.0 Å². The summed E-state index contributed by atoms with van der Waals surface area (Å²) >= 11 is 0. The summed E-state index contributed by atoms with van der Waals surface area (Å²) in [6.45, 7) is 3.17. The Morgan fingerprint density at radius 2 is 1.91 bits per heavy atom.